The zero-order valence-corrected chi connectivity index (χ0v) is 16.5. The summed E-state index contributed by atoms with van der Waals surface area (Å²) in [7, 11) is 0. The van der Waals surface area contributed by atoms with Gasteiger partial charge in [0.2, 0.25) is 0 Å². The minimum Gasteiger partial charge on any atom is -0.396 e. The van der Waals surface area contributed by atoms with Gasteiger partial charge >= 0.3 is 0 Å². The highest BCUT2D eigenvalue weighted by molar-refractivity contribution is 5.97. The van der Waals surface area contributed by atoms with E-state index in [-0.39, 0.29) is 24.3 Å². The first-order chi connectivity index (χ1) is 14.2. The quantitative estimate of drug-likeness (QED) is 0.561. The molecule has 1 saturated heterocycles. The van der Waals surface area contributed by atoms with Crippen LogP contribution < -0.4 is 5.32 Å². The number of amides is 1. The van der Waals surface area contributed by atoms with Crippen LogP contribution in [0.15, 0.2) is 72.4 Å². The van der Waals surface area contributed by atoms with Crippen molar-refractivity contribution in [3.8, 4) is 6.07 Å². The molecule has 0 bridgehead atoms. The van der Waals surface area contributed by atoms with Gasteiger partial charge in [0.25, 0.3) is 5.91 Å². The third-order valence-corrected chi connectivity index (χ3v) is 5.34. The molecule has 0 aromatic heterocycles. The minimum atomic E-state index is -0.390. The molecule has 1 fully saturated rings. The number of likely N-dealkylation sites (tertiary alicyclic amines) is 1. The molecule has 1 aliphatic rings. The predicted octanol–water partition coefficient (Wildman–Crippen LogP) is 3.54. The average molecular weight is 389 g/mol. The molecule has 1 aliphatic heterocycles. The second-order valence-corrected chi connectivity index (χ2v) is 7.28. The van der Waals surface area contributed by atoms with Crippen molar-refractivity contribution in [1.82, 2.24) is 10.2 Å². The number of aliphatic hydroxyl groups is 1. The van der Waals surface area contributed by atoms with Crippen molar-refractivity contribution >= 4 is 5.91 Å². The van der Waals surface area contributed by atoms with Crippen molar-refractivity contribution < 1.29 is 9.90 Å². The molecule has 0 radical (unpaired) electrons. The molecule has 2 aromatic carbocycles. The topological polar surface area (TPSA) is 76.4 Å². The number of piperidine rings is 1. The summed E-state index contributed by atoms with van der Waals surface area (Å²) < 4.78 is 0. The Hall–Kier alpha value is -3.10. The van der Waals surface area contributed by atoms with Crippen molar-refractivity contribution in [3.63, 3.8) is 0 Å². The summed E-state index contributed by atoms with van der Waals surface area (Å²) in [5, 5.41) is 22.0. The standard InChI is InChI=1S/C24H27N3O2/c25-17-21(18-27-15-8-7-13-22(27)14-16-28)24(29)26-23(19-9-3-1-4-10-19)20-11-5-2-6-12-20/h1-6,9-12,18,22-23,28H,7-8,13-16H2,(H,26,29)/b21-18-. The third-order valence-electron chi connectivity index (χ3n) is 5.34. The Kier molecular flexibility index (Phi) is 7.43. The Labute approximate surface area is 172 Å². The molecule has 0 saturated carbocycles. The number of benzene rings is 2. The lowest BCUT2D eigenvalue weighted by atomic mass is 9.98. The van der Waals surface area contributed by atoms with Crippen LogP contribution in [0.4, 0.5) is 0 Å². The van der Waals surface area contributed by atoms with Crippen LogP contribution in [-0.2, 0) is 4.79 Å². The van der Waals surface area contributed by atoms with E-state index >= 15 is 0 Å². The average Bonchev–Trinajstić information content (AvgIpc) is 2.78. The fraction of sp³-hybridized carbons (Fsp3) is 0.333. The summed E-state index contributed by atoms with van der Waals surface area (Å²) in [4.78, 5) is 15.0. The van der Waals surface area contributed by atoms with Gasteiger partial charge in [-0.2, -0.15) is 5.26 Å². The fourth-order valence-corrected chi connectivity index (χ4v) is 3.81. The largest absolute Gasteiger partial charge is 0.396 e. The molecule has 2 aromatic rings. The van der Waals surface area contributed by atoms with Gasteiger partial charge in [0.05, 0.1) is 6.04 Å². The van der Waals surface area contributed by atoms with E-state index in [1.54, 1.807) is 6.20 Å². The van der Waals surface area contributed by atoms with E-state index in [9.17, 15) is 15.2 Å². The SMILES string of the molecule is N#C/C(=C/N1CCCCC1CCO)C(=O)NC(c1ccccc1)c1ccccc1. The molecule has 0 spiro atoms. The number of rotatable bonds is 7. The molecule has 29 heavy (non-hydrogen) atoms. The van der Waals surface area contributed by atoms with E-state index < -0.39 is 5.91 Å². The molecule has 0 aliphatic carbocycles. The van der Waals surface area contributed by atoms with Crippen LogP contribution in [0.1, 0.15) is 42.9 Å². The number of nitrogens with zero attached hydrogens (tertiary/aromatic N) is 2. The van der Waals surface area contributed by atoms with Gasteiger partial charge in [-0.25, -0.2) is 0 Å². The molecule has 150 valence electrons. The third kappa shape index (κ3) is 5.46. The summed E-state index contributed by atoms with van der Waals surface area (Å²) in [6.07, 6.45) is 5.41. The Morgan fingerprint density at radius 3 is 2.31 bits per heavy atom. The summed E-state index contributed by atoms with van der Waals surface area (Å²) in [5.41, 5.74) is 2.01. The van der Waals surface area contributed by atoms with Crippen molar-refractivity contribution in [2.45, 2.75) is 37.8 Å². The van der Waals surface area contributed by atoms with Gasteiger partial charge in [-0.05, 0) is 36.8 Å². The zero-order chi connectivity index (χ0) is 20.5. The summed E-state index contributed by atoms with van der Waals surface area (Å²) in [5.74, 6) is -0.390. The number of carbonyl (C=O) groups is 1. The number of hydrogen-bond donors (Lipinski definition) is 2. The zero-order valence-electron chi connectivity index (χ0n) is 16.5. The lowest BCUT2D eigenvalue weighted by Crippen LogP contribution is -2.37. The van der Waals surface area contributed by atoms with Gasteiger partial charge in [-0.15, -0.1) is 0 Å². The van der Waals surface area contributed by atoms with E-state index in [0.29, 0.717) is 6.42 Å². The van der Waals surface area contributed by atoms with Gasteiger partial charge in [0, 0.05) is 25.4 Å². The van der Waals surface area contributed by atoms with Gasteiger partial charge in [-0.3, -0.25) is 4.79 Å². The lowest BCUT2D eigenvalue weighted by Gasteiger charge is -2.35. The monoisotopic (exact) mass is 389 g/mol. The summed E-state index contributed by atoms with van der Waals surface area (Å²) in [6.45, 7) is 0.900. The van der Waals surface area contributed by atoms with Crippen molar-refractivity contribution in [2.75, 3.05) is 13.2 Å². The number of nitriles is 1. The minimum absolute atomic E-state index is 0.0895. The molecule has 1 atom stereocenters. The first-order valence-corrected chi connectivity index (χ1v) is 10.1. The van der Waals surface area contributed by atoms with Gasteiger partial charge in [0.15, 0.2) is 0 Å². The van der Waals surface area contributed by atoms with E-state index in [4.69, 9.17) is 0 Å². The number of carbonyl (C=O) groups excluding carboxylic acids is 1. The van der Waals surface area contributed by atoms with Crippen LogP contribution in [-0.4, -0.2) is 35.1 Å². The van der Waals surface area contributed by atoms with Crippen molar-refractivity contribution in [3.05, 3.63) is 83.6 Å². The van der Waals surface area contributed by atoms with E-state index in [2.05, 4.69) is 11.4 Å². The van der Waals surface area contributed by atoms with Crippen LogP contribution in [0.3, 0.4) is 0 Å². The van der Waals surface area contributed by atoms with E-state index in [1.807, 2.05) is 65.6 Å². The first-order valence-electron chi connectivity index (χ1n) is 10.1. The molecule has 5 heteroatoms. The fourth-order valence-electron chi connectivity index (χ4n) is 3.81. The Morgan fingerprint density at radius 2 is 1.76 bits per heavy atom. The lowest BCUT2D eigenvalue weighted by molar-refractivity contribution is -0.117. The summed E-state index contributed by atoms with van der Waals surface area (Å²) >= 11 is 0. The van der Waals surface area contributed by atoms with Crippen LogP contribution in [0.5, 0.6) is 0 Å². The number of nitrogens with one attached hydrogen (secondary N) is 1. The maximum absolute atomic E-state index is 13.0. The van der Waals surface area contributed by atoms with Crippen LogP contribution in [0.25, 0.3) is 0 Å². The molecule has 5 nitrogen and oxygen atoms in total. The van der Waals surface area contributed by atoms with Gasteiger partial charge in [-0.1, -0.05) is 60.7 Å². The number of hydrogen-bond acceptors (Lipinski definition) is 4. The molecule has 1 unspecified atom stereocenters. The Morgan fingerprint density at radius 1 is 1.14 bits per heavy atom. The predicted molar refractivity (Wildman–Crippen MR) is 113 cm³/mol. The molecule has 3 rings (SSSR count). The van der Waals surface area contributed by atoms with Gasteiger partial charge in [0.1, 0.15) is 11.6 Å². The second-order valence-electron chi connectivity index (χ2n) is 7.28. The van der Waals surface area contributed by atoms with Crippen LogP contribution >= 0.6 is 0 Å². The molecular weight excluding hydrogens is 362 g/mol. The van der Waals surface area contributed by atoms with Crippen LogP contribution in [0, 0.1) is 11.3 Å². The molecule has 1 heterocycles. The molecule has 1 amide bonds. The molecule has 2 N–H and O–H groups in total. The highest BCUT2D eigenvalue weighted by atomic mass is 16.3. The highest BCUT2D eigenvalue weighted by Gasteiger charge is 2.23. The van der Waals surface area contributed by atoms with Gasteiger partial charge < -0.3 is 15.3 Å². The summed E-state index contributed by atoms with van der Waals surface area (Å²) in [6, 6.07) is 21.4. The van der Waals surface area contributed by atoms with Crippen molar-refractivity contribution in [2.24, 2.45) is 0 Å². The normalized spacial score (nSPS) is 17.1. The second kappa shape index (κ2) is 10.4. The van der Waals surface area contributed by atoms with Crippen molar-refractivity contribution in [1.29, 1.82) is 5.26 Å². The van der Waals surface area contributed by atoms with E-state index in [1.165, 1.54) is 0 Å². The smallest absolute Gasteiger partial charge is 0.264 e. The Bertz CT molecular complexity index is 817. The van der Waals surface area contributed by atoms with Crippen LogP contribution in [0.2, 0.25) is 0 Å². The maximum atomic E-state index is 13.0. The van der Waals surface area contributed by atoms with E-state index in [0.717, 1.165) is 36.9 Å². The number of aliphatic hydroxyl groups excluding tert-OH is 1. The first kappa shape index (κ1) is 20.6. The maximum Gasteiger partial charge on any atom is 0.264 e. The molecular formula is C24H27N3O2. The Balaban J connectivity index is 1.83. The highest BCUT2D eigenvalue weighted by Crippen LogP contribution is 2.23.